The van der Waals surface area contributed by atoms with Crippen LogP contribution in [0.2, 0.25) is 0 Å². The molecule has 0 atom stereocenters. The predicted molar refractivity (Wildman–Crippen MR) is 131 cm³/mol. The number of carbonyl (C=O) groups excluding carboxylic acids is 1. The molecule has 3 aliphatic rings. The molecule has 0 saturated carbocycles. The molecule has 0 unspecified atom stereocenters. The zero-order valence-corrected chi connectivity index (χ0v) is 19.0. The van der Waals surface area contributed by atoms with Crippen molar-refractivity contribution in [3.05, 3.63) is 58.8 Å². The summed E-state index contributed by atoms with van der Waals surface area (Å²) in [5, 5.41) is 2.88. The fraction of sp³-hybridized carbons (Fsp3) is 0.481. The van der Waals surface area contributed by atoms with Crippen LogP contribution in [-0.4, -0.2) is 48.5 Å². The number of unbranched alkanes of at least 4 members (excludes halogenated alkanes) is 1. The molecule has 1 N–H and O–H groups in total. The third kappa shape index (κ3) is 4.88. The van der Waals surface area contributed by atoms with Gasteiger partial charge in [-0.1, -0.05) is 24.3 Å². The summed E-state index contributed by atoms with van der Waals surface area (Å²) in [6.07, 6.45) is 13.1. The second-order valence-corrected chi connectivity index (χ2v) is 9.29. The van der Waals surface area contributed by atoms with E-state index < -0.39 is 0 Å². The first-order chi connectivity index (χ1) is 15.8. The highest BCUT2D eigenvalue weighted by Gasteiger charge is 2.21. The molecule has 5 rings (SSSR count). The molecule has 32 heavy (non-hydrogen) atoms. The van der Waals surface area contributed by atoms with Gasteiger partial charge >= 0.3 is 0 Å². The molecule has 168 valence electrons. The van der Waals surface area contributed by atoms with Crippen molar-refractivity contribution in [2.75, 3.05) is 42.9 Å². The van der Waals surface area contributed by atoms with Crippen molar-refractivity contribution in [1.82, 2.24) is 9.88 Å². The van der Waals surface area contributed by atoms with Gasteiger partial charge in [-0.3, -0.25) is 9.69 Å². The average Bonchev–Trinajstić information content (AvgIpc) is 2.83. The van der Waals surface area contributed by atoms with Crippen LogP contribution in [0.15, 0.2) is 36.4 Å². The number of piperazine rings is 1. The summed E-state index contributed by atoms with van der Waals surface area (Å²) in [4.78, 5) is 21.4. The number of nitrogens with one attached hydrogen (secondary N) is 1. The van der Waals surface area contributed by atoms with E-state index in [1.807, 2.05) is 6.07 Å². The molecule has 1 fully saturated rings. The Hall–Kier alpha value is -2.66. The van der Waals surface area contributed by atoms with Gasteiger partial charge in [-0.15, -0.1) is 0 Å². The van der Waals surface area contributed by atoms with Crippen LogP contribution in [0.25, 0.3) is 6.08 Å². The summed E-state index contributed by atoms with van der Waals surface area (Å²) in [6.45, 7) is 5.73. The standard InChI is InChI=1S/C27H34N4O/c32-26-15-13-22-12-14-23(28-27(22)29-26)9-2-1-5-16-30-17-19-31(20-18-30)25-11-6-8-21-7-3-4-10-24(21)25/h2,6,8-9,11-12,14H,1,3-5,7,10,13,15-20H2,(H,28,29,32)/b9-2+. The van der Waals surface area contributed by atoms with Gasteiger partial charge in [0.25, 0.3) is 0 Å². The molecule has 1 aliphatic carbocycles. The monoisotopic (exact) mass is 430 g/mol. The van der Waals surface area contributed by atoms with Gasteiger partial charge in [0.05, 0.1) is 5.69 Å². The van der Waals surface area contributed by atoms with Crippen molar-refractivity contribution >= 4 is 23.5 Å². The minimum atomic E-state index is 0.0679. The molecule has 0 radical (unpaired) electrons. The number of hydrogen-bond acceptors (Lipinski definition) is 4. The van der Waals surface area contributed by atoms with E-state index >= 15 is 0 Å². The Morgan fingerprint density at radius 1 is 0.938 bits per heavy atom. The normalized spacial score (nSPS) is 19.0. The quantitative estimate of drug-likeness (QED) is 0.688. The zero-order chi connectivity index (χ0) is 21.8. The molecule has 0 spiro atoms. The fourth-order valence-electron chi connectivity index (χ4n) is 5.26. The van der Waals surface area contributed by atoms with Gasteiger partial charge in [-0.05, 0) is 86.4 Å². The highest BCUT2D eigenvalue weighted by atomic mass is 16.1. The molecule has 1 amide bonds. The summed E-state index contributed by atoms with van der Waals surface area (Å²) in [6, 6.07) is 11.1. The SMILES string of the molecule is O=C1CCc2ccc(/C=C/CCCN3CCN(c4cccc5c4CCCC5)CC3)nc2N1. The lowest BCUT2D eigenvalue weighted by Gasteiger charge is -2.38. The molecule has 2 aliphatic heterocycles. The van der Waals surface area contributed by atoms with E-state index in [4.69, 9.17) is 0 Å². The molecule has 1 aromatic heterocycles. The summed E-state index contributed by atoms with van der Waals surface area (Å²) in [7, 11) is 0. The van der Waals surface area contributed by atoms with Crippen LogP contribution < -0.4 is 10.2 Å². The first-order valence-corrected chi connectivity index (χ1v) is 12.3. The topological polar surface area (TPSA) is 48.5 Å². The smallest absolute Gasteiger partial charge is 0.225 e. The van der Waals surface area contributed by atoms with Crippen LogP contribution in [0, 0.1) is 0 Å². The van der Waals surface area contributed by atoms with E-state index in [1.54, 1.807) is 11.1 Å². The molecular formula is C27H34N4O. The minimum Gasteiger partial charge on any atom is -0.369 e. The lowest BCUT2D eigenvalue weighted by atomic mass is 9.90. The van der Waals surface area contributed by atoms with Crippen LogP contribution in [0.1, 0.15) is 54.5 Å². The second-order valence-electron chi connectivity index (χ2n) is 9.29. The molecule has 1 aromatic carbocycles. The Balaban J connectivity index is 1.07. The van der Waals surface area contributed by atoms with Gasteiger partial charge in [-0.2, -0.15) is 0 Å². The van der Waals surface area contributed by atoms with Crippen LogP contribution in [0.5, 0.6) is 0 Å². The number of amides is 1. The maximum Gasteiger partial charge on any atom is 0.225 e. The number of pyridine rings is 1. The molecule has 5 nitrogen and oxygen atoms in total. The highest BCUT2D eigenvalue weighted by molar-refractivity contribution is 5.92. The van der Waals surface area contributed by atoms with Crippen molar-refractivity contribution in [2.45, 2.75) is 51.4 Å². The van der Waals surface area contributed by atoms with Crippen LogP contribution in [0.4, 0.5) is 11.5 Å². The molecule has 2 aromatic rings. The van der Waals surface area contributed by atoms with E-state index in [9.17, 15) is 4.79 Å². The first-order valence-electron chi connectivity index (χ1n) is 12.3. The van der Waals surface area contributed by atoms with Gasteiger partial charge in [0.1, 0.15) is 5.82 Å². The lowest BCUT2D eigenvalue weighted by Crippen LogP contribution is -2.47. The number of rotatable bonds is 6. The first kappa shape index (κ1) is 21.2. The number of allylic oxidation sites excluding steroid dienone is 1. The van der Waals surface area contributed by atoms with E-state index in [0.29, 0.717) is 6.42 Å². The fourth-order valence-corrected chi connectivity index (χ4v) is 5.26. The molecule has 1 saturated heterocycles. The van der Waals surface area contributed by atoms with Crippen molar-refractivity contribution < 1.29 is 4.79 Å². The van der Waals surface area contributed by atoms with E-state index in [0.717, 1.165) is 62.6 Å². The molecule has 3 heterocycles. The summed E-state index contributed by atoms with van der Waals surface area (Å²) >= 11 is 0. The lowest BCUT2D eigenvalue weighted by molar-refractivity contribution is -0.116. The largest absolute Gasteiger partial charge is 0.369 e. The predicted octanol–water partition coefficient (Wildman–Crippen LogP) is 4.46. The highest BCUT2D eigenvalue weighted by Crippen LogP contribution is 2.31. The van der Waals surface area contributed by atoms with Crippen molar-refractivity contribution in [1.29, 1.82) is 0 Å². The summed E-state index contributed by atoms with van der Waals surface area (Å²) in [5.74, 6) is 0.805. The minimum absolute atomic E-state index is 0.0679. The Morgan fingerprint density at radius 3 is 2.72 bits per heavy atom. The van der Waals surface area contributed by atoms with Gasteiger partial charge in [0, 0.05) is 38.3 Å². The molecule has 5 heteroatoms. The van der Waals surface area contributed by atoms with E-state index in [1.165, 1.54) is 37.8 Å². The Morgan fingerprint density at radius 2 is 1.81 bits per heavy atom. The third-order valence-corrected chi connectivity index (χ3v) is 7.10. The number of carbonyl (C=O) groups is 1. The zero-order valence-electron chi connectivity index (χ0n) is 19.0. The molecular weight excluding hydrogens is 396 g/mol. The average molecular weight is 431 g/mol. The Bertz CT molecular complexity index is 991. The van der Waals surface area contributed by atoms with Crippen molar-refractivity contribution in [3.8, 4) is 0 Å². The molecule has 0 bridgehead atoms. The summed E-state index contributed by atoms with van der Waals surface area (Å²) in [5.41, 5.74) is 6.76. The third-order valence-electron chi connectivity index (χ3n) is 7.10. The number of nitrogens with zero attached hydrogens (tertiary/aromatic N) is 3. The van der Waals surface area contributed by atoms with Crippen LogP contribution >= 0.6 is 0 Å². The number of aromatic nitrogens is 1. The maximum atomic E-state index is 11.6. The summed E-state index contributed by atoms with van der Waals surface area (Å²) < 4.78 is 0. The number of benzene rings is 1. The van der Waals surface area contributed by atoms with E-state index in [-0.39, 0.29) is 5.91 Å². The Kier molecular flexibility index (Phi) is 6.54. The van der Waals surface area contributed by atoms with Gasteiger partial charge in [0.15, 0.2) is 0 Å². The van der Waals surface area contributed by atoms with Crippen LogP contribution in [0.3, 0.4) is 0 Å². The van der Waals surface area contributed by atoms with E-state index in [2.05, 4.69) is 56.5 Å². The van der Waals surface area contributed by atoms with Crippen molar-refractivity contribution in [3.63, 3.8) is 0 Å². The van der Waals surface area contributed by atoms with Gasteiger partial charge in [0.2, 0.25) is 5.91 Å². The Labute approximate surface area is 191 Å². The van der Waals surface area contributed by atoms with Gasteiger partial charge in [-0.25, -0.2) is 4.98 Å². The van der Waals surface area contributed by atoms with Gasteiger partial charge < -0.3 is 10.2 Å². The maximum absolute atomic E-state index is 11.6. The second kappa shape index (κ2) is 9.86. The number of aryl methyl sites for hydroxylation is 2. The number of fused-ring (bicyclic) bond motifs is 2. The number of anilines is 2. The van der Waals surface area contributed by atoms with Crippen LogP contribution in [-0.2, 0) is 24.1 Å². The number of hydrogen-bond donors (Lipinski definition) is 1. The van der Waals surface area contributed by atoms with Crippen molar-refractivity contribution in [2.24, 2.45) is 0 Å².